The van der Waals surface area contributed by atoms with Crippen molar-refractivity contribution in [2.75, 3.05) is 6.61 Å². The summed E-state index contributed by atoms with van der Waals surface area (Å²) in [5.41, 5.74) is 3.84. The van der Waals surface area contributed by atoms with Gasteiger partial charge in [-0.2, -0.15) is 0 Å². The van der Waals surface area contributed by atoms with Crippen molar-refractivity contribution in [3.8, 4) is 5.75 Å². The Morgan fingerprint density at radius 3 is 2.81 bits per heavy atom. The molecule has 2 aromatic carbocycles. The highest BCUT2D eigenvalue weighted by molar-refractivity contribution is 5.87. The van der Waals surface area contributed by atoms with E-state index in [0.717, 1.165) is 33.1 Å². The number of phenols is 1. The molecule has 3 N–H and O–H groups in total. The van der Waals surface area contributed by atoms with Crippen molar-refractivity contribution in [2.24, 2.45) is 0 Å². The molecule has 0 saturated carbocycles. The molecule has 0 bridgehead atoms. The zero-order chi connectivity index (χ0) is 18.1. The minimum Gasteiger partial charge on any atom is -0.508 e. The highest BCUT2D eigenvalue weighted by Gasteiger charge is 2.24. The van der Waals surface area contributed by atoms with Crippen molar-refractivity contribution in [3.63, 3.8) is 0 Å². The van der Waals surface area contributed by atoms with Crippen LogP contribution in [0.3, 0.4) is 0 Å². The molecule has 26 heavy (non-hydrogen) atoms. The number of carbonyl (C=O) groups excluding carboxylic acids is 1. The van der Waals surface area contributed by atoms with Crippen molar-refractivity contribution in [1.29, 1.82) is 0 Å². The second-order valence-electron chi connectivity index (χ2n) is 6.35. The van der Waals surface area contributed by atoms with Crippen molar-refractivity contribution in [2.45, 2.75) is 19.3 Å². The molecular weight excluding hydrogens is 328 g/mol. The zero-order valence-corrected chi connectivity index (χ0v) is 14.5. The van der Waals surface area contributed by atoms with Gasteiger partial charge in [0.25, 0.3) is 0 Å². The SMILES string of the molecule is CCOC(=O)CC(c1cc2ccccc2[nH]1)c1c[nH]c2cc(O)ccc12. The van der Waals surface area contributed by atoms with E-state index >= 15 is 0 Å². The van der Waals surface area contributed by atoms with E-state index < -0.39 is 0 Å². The van der Waals surface area contributed by atoms with Crippen LogP contribution in [-0.4, -0.2) is 27.7 Å². The predicted octanol–water partition coefficient (Wildman–Crippen LogP) is 4.44. The number of hydrogen-bond donors (Lipinski definition) is 3. The van der Waals surface area contributed by atoms with E-state index in [1.54, 1.807) is 12.1 Å². The molecule has 1 unspecified atom stereocenters. The Morgan fingerprint density at radius 2 is 2.00 bits per heavy atom. The predicted molar refractivity (Wildman–Crippen MR) is 101 cm³/mol. The molecule has 0 aliphatic heterocycles. The number of ether oxygens (including phenoxy) is 1. The molecule has 0 aliphatic rings. The molecule has 0 radical (unpaired) electrons. The average Bonchev–Trinajstić information content (AvgIpc) is 3.23. The van der Waals surface area contributed by atoms with E-state index in [2.05, 4.69) is 16.0 Å². The summed E-state index contributed by atoms with van der Waals surface area (Å²) in [6, 6.07) is 15.3. The van der Waals surface area contributed by atoms with Gasteiger partial charge < -0.3 is 19.8 Å². The summed E-state index contributed by atoms with van der Waals surface area (Å²) in [5, 5.41) is 11.8. The quantitative estimate of drug-likeness (QED) is 0.467. The minimum absolute atomic E-state index is 0.167. The van der Waals surface area contributed by atoms with Crippen LogP contribution in [-0.2, 0) is 9.53 Å². The van der Waals surface area contributed by atoms with Gasteiger partial charge in [0, 0.05) is 40.3 Å². The lowest BCUT2D eigenvalue weighted by Crippen LogP contribution is -2.11. The summed E-state index contributed by atoms with van der Waals surface area (Å²) < 4.78 is 5.19. The van der Waals surface area contributed by atoms with Crippen LogP contribution >= 0.6 is 0 Å². The van der Waals surface area contributed by atoms with Gasteiger partial charge in [-0.25, -0.2) is 0 Å². The number of esters is 1. The third-order valence-electron chi connectivity index (χ3n) is 4.68. The van der Waals surface area contributed by atoms with Crippen molar-refractivity contribution >= 4 is 27.8 Å². The largest absolute Gasteiger partial charge is 0.508 e. The lowest BCUT2D eigenvalue weighted by molar-refractivity contribution is -0.143. The number of H-pyrrole nitrogens is 2. The summed E-state index contributed by atoms with van der Waals surface area (Å²) in [5.74, 6) is -0.192. The first kappa shape index (κ1) is 16.3. The van der Waals surface area contributed by atoms with Gasteiger partial charge in [-0.15, -0.1) is 0 Å². The maximum Gasteiger partial charge on any atom is 0.306 e. The van der Waals surface area contributed by atoms with Crippen molar-refractivity contribution in [1.82, 2.24) is 9.97 Å². The number of hydrogen-bond acceptors (Lipinski definition) is 3. The van der Waals surface area contributed by atoms with E-state index in [1.165, 1.54) is 0 Å². The zero-order valence-electron chi connectivity index (χ0n) is 14.5. The van der Waals surface area contributed by atoms with Gasteiger partial charge in [-0.3, -0.25) is 4.79 Å². The van der Waals surface area contributed by atoms with E-state index in [-0.39, 0.29) is 24.1 Å². The summed E-state index contributed by atoms with van der Waals surface area (Å²) in [7, 11) is 0. The highest BCUT2D eigenvalue weighted by atomic mass is 16.5. The van der Waals surface area contributed by atoms with E-state index in [1.807, 2.05) is 43.5 Å². The van der Waals surface area contributed by atoms with Gasteiger partial charge in [0.05, 0.1) is 13.0 Å². The molecule has 4 rings (SSSR count). The van der Waals surface area contributed by atoms with E-state index in [4.69, 9.17) is 4.74 Å². The van der Waals surface area contributed by atoms with Gasteiger partial charge in [-0.05, 0) is 42.1 Å². The molecule has 2 heterocycles. The molecule has 0 amide bonds. The third-order valence-corrected chi connectivity index (χ3v) is 4.68. The summed E-state index contributed by atoms with van der Waals surface area (Å²) >= 11 is 0. The average molecular weight is 348 g/mol. The Morgan fingerprint density at radius 1 is 1.15 bits per heavy atom. The Kier molecular flexibility index (Phi) is 4.13. The first-order valence-corrected chi connectivity index (χ1v) is 8.69. The molecule has 1 atom stereocenters. The van der Waals surface area contributed by atoms with Crippen LogP contribution in [0.15, 0.2) is 54.7 Å². The molecule has 132 valence electrons. The van der Waals surface area contributed by atoms with Crippen LogP contribution in [0.25, 0.3) is 21.8 Å². The van der Waals surface area contributed by atoms with Crippen LogP contribution in [0.2, 0.25) is 0 Å². The van der Waals surface area contributed by atoms with Crippen molar-refractivity contribution in [3.05, 3.63) is 66.0 Å². The number of fused-ring (bicyclic) bond motifs is 2. The molecule has 2 aromatic heterocycles. The fraction of sp³-hybridized carbons (Fsp3) is 0.190. The fourth-order valence-electron chi connectivity index (χ4n) is 3.48. The van der Waals surface area contributed by atoms with Gasteiger partial charge in [0.15, 0.2) is 0 Å². The number of nitrogens with one attached hydrogen (secondary N) is 2. The molecular formula is C21H20N2O3. The van der Waals surface area contributed by atoms with Gasteiger partial charge in [-0.1, -0.05) is 18.2 Å². The summed E-state index contributed by atoms with van der Waals surface area (Å²) in [4.78, 5) is 18.9. The Labute approximate surface area is 150 Å². The fourth-order valence-corrected chi connectivity index (χ4v) is 3.48. The van der Waals surface area contributed by atoms with Gasteiger partial charge in [0.2, 0.25) is 0 Å². The Hall–Kier alpha value is -3.21. The molecule has 0 aliphatic carbocycles. The van der Waals surface area contributed by atoms with E-state index in [0.29, 0.717) is 6.61 Å². The van der Waals surface area contributed by atoms with Crippen LogP contribution in [0.1, 0.15) is 30.5 Å². The normalized spacial score (nSPS) is 12.5. The molecule has 0 spiro atoms. The van der Waals surface area contributed by atoms with Crippen LogP contribution in [0.5, 0.6) is 5.75 Å². The topological polar surface area (TPSA) is 78.1 Å². The summed E-state index contributed by atoms with van der Waals surface area (Å²) in [6.07, 6.45) is 2.15. The van der Waals surface area contributed by atoms with Crippen LogP contribution in [0.4, 0.5) is 0 Å². The number of phenolic OH excluding ortho intramolecular Hbond substituents is 1. The molecule has 5 heteroatoms. The molecule has 0 saturated heterocycles. The number of para-hydroxylation sites is 1. The van der Waals surface area contributed by atoms with Gasteiger partial charge in [0.1, 0.15) is 5.75 Å². The number of carbonyl (C=O) groups is 1. The number of aromatic amines is 2. The summed E-state index contributed by atoms with van der Waals surface area (Å²) in [6.45, 7) is 2.17. The number of benzene rings is 2. The lowest BCUT2D eigenvalue weighted by Gasteiger charge is -2.15. The molecule has 0 fully saturated rings. The lowest BCUT2D eigenvalue weighted by atomic mass is 9.92. The Bertz CT molecular complexity index is 1040. The molecule has 5 nitrogen and oxygen atoms in total. The van der Waals surface area contributed by atoms with Gasteiger partial charge >= 0.3 is 5.97 Å². The maximum absolute atomic E-state index is 12.2. The minimum atomic E-state index is -0.232. The number of rotatable bonds is 5. The number of aromatic hydroxyl groups is 1. The van der Waals surface area contributed by atoms with Crippen LogP contribution in [0, 0.1) is 0 Å². The van der Waals surface area contributed by atoms with Crippen LogP contribution < -0.4 is 0 Å². The maximum atomic E-state index is 12.2. The first-order valence-electron chi connectivity index (χ1n) is 8.69. The first-order chi connectivity index (χ1) is 12.7. The second-order valence-corrected chi connectivity index (χ2v) is 6.35. The Balaban J connectivity index is 1.82. The third kappa shape index (κ3) is 2.92. The monoisotopic (exact) mass is 348 g/mol. The van der Waals surface area contributed by atoms with Crippen molar-refractivity contribution < 1.29 is 14.6 Å². The standard InChI is InChI=1S/C21H20N2O3/c1-2-26-21(25)11-16(20-9-13-5-3-4-6-18(13)23-20)17-12-22-19-10-14(24)7-8-15(17)19/h3-10,12,16,22-24H,2,11H2,1H3. The van der Waals surface area contributed by atoms with E-state index in [9.17, 15) is 9.90 Å². The second kappa shape index (κ2) is 6.59. The molecule has 4 aromatic rings. The smallest absolute Gasteiger partial charge is 0.306 e. The highest BCUT2D eigenvalue weighted by Crippen LogP contribution is 2.35. The number of aromatic nitrogens is 2.